The van der Waals surface area contributed by atoms with Gasteiger partial charge >= 0.3 is 0 Å². The summed E-state index contributed by atoms with van der Waals surface area (Å²) in [4.78, 5) is 1.72. The van der Waals surface area contributed by atoms with Gasteiger partial charge in [0.1, 0.15) is 10.9 Å². The van der Waals surface area contributed by atoms with Crippen molar-refractivity contribution in [1.29, 1.82) is 5.26 Å². The summed E-state index contributed by atoms with van der Waals surface area (Å²) in [6.45, 7) is 2.12. The SMILES string of the molecule is CCCc1c(-c2cc(Br)sc2Br)sc(C#N)c1N. The first-order chi connectivity index (χ1) is 8.58. The van der Waals surface area contributed by atoms with Crippen molar-refractivity contribution in [2.75, 3.05) is 5.73 Å². The Morgan fingerprint density at radius 3 is 2.61 bits per heavy atom. The highest BCUT2D eigenvalue weighted by Gasteiger charge is 2.19. The van der Waals surface area contributed by atoms with E-state index in [1.54, 1.807) is 11.3 Å². The van der Waals surface area contributed by atoms with E-state index in [9.17, 15) is 0 Å². The first-order valence-corrected chi connectivity index (χ1v) is 8.56. The van der Waals surface area contributed by atoms with Gasteiger partial charge in [-0.1, -0.05) is 13.3 Å². The van der Waals surface area contributed by atoms with Crippen LogP contribution in [0.4, 0.5) is 5.69 Å². The third-order valence-corrected chi connectivity index (χ3v) is 6.08. The van der Waals surface area contributed by atoms with Crippen LogP contribution in [0.15, 0.2) is 13.6 Å². The third kappa shape index (κ3) is 2.50. The number of nitriles is 1. The lowest BCUT2D eigenvalue weighted by atomic mass is 10.1. The van der Waals surface area contributed by atoms with Gasteiger partial charge in [-0.3, -0.25) is 0 Å². The molecule has 6 heteroatoms. The molecule has 2 nitrogen and oxygen atoms in total. The number of halogens is 2. The quantitative estimate of drug-likeness (QED) is 0.742. The number of hydrogen-bond donors (Lipinski definition) is 1. The van der Waals surface area contributed by atoms with Crippen molar-refractivity contribution < 1.29 is 0 Å². The van der Waals surface area contributed by atoms with Crippen LogP contribution in [0.5, 0.6) is 0 Å². The average Bonchev–Trinajstić information content (AvgIpc) is 2.81. The zero-order chi connectivity index (χ0) is 13.3. The summed E-state index contributed by atoms with van der Waals surface area (Å²) in [5.41, 5.74) is 8.93. The molecule has 2 heterocycles. The summed E-state index contributed by atoms with van der Waals surface area (Å²) < 4.78 is 2.13. The average molecular weight is 406 g/mol. The van der Waals surface area contributed by atoms with Gasteiger partial charge < -0.3 is 5.73 Å². The van der Waals surface area contributed by atoms with Crippen LogP contribution in [0, 0.1) is 11.3 Å². The van der Waals surface area contributed by atoms with Crippen LogP contribution in [0.1, 0.15) is 23.8 Å². The maximum Gasteiger partial charge on any atom is 0.128 e. The Hall–Kier alpha value is -0.350. The molecule has 0 aromatic carbocycles. The fourth-order valence-electron chi connectivity index (χ4n) is 1.77. The van der Waals surface area contributed by atoms with Crippen LogP contribution < -0.4 is 5.73 Å². The van der Waals surface area contributed by atoms with E-state index >= 15 is 0 Å². The monoisotopic (exact) mass is 404 g/mol. The predicted octanol–water partition coefficient (Wildman–Crippen LogP) is 5.41. The zero-order valence-electron chi connectivity index (χ0n) is 9.59. The predicted molar refractivity (Wildman–Crippen MR) is 86.2 cm³/mol. The van der Waals surface area contributed by atoms with Gasteiger partial charge in [0.05, 0.1) is 13.3 Å². The van der Waals surface area contributed by atoms with Gasteiger partial charge in [-0.25, -0.2) is 0 Å². The number of hydrogen-bond acceptors (Lipinski definition) is 4. The molecular formula is C12H10Br2N2S2. The van der Waals surface area contributed by atoms with Gasteiger partial charge in [0.15, 0.2) is 0 Å². The first-order valence-electron chi connectivity index (χ1n) is 5.34. The Morgan fingerprint density at radius 1 is 1.39 bits per heavy atom. The molecule has 2 aromatic rings. The van der Waals surface area contributed by atoms with Crippen LogP contribution >= 0.6 is 54.5 Å². The standard InChI is InChI=1S/C12H10Br2N2S2/c1-2-3-6-10(16)8(5-15)17-11(6)7-4-9(13)18-12(7)14/h4H,2-3,16H2,1H3. The molecule has 0 spiro atoms. The number of nitrogen functional groups attached to an aromatic ring is 1. The highest BCUT2D eigenvalue weighted by atomic mass is 79.9. The van der Waals surface area contributed by atoms with Crippen LogP contribution in [-0.4, -0.2) is 0 Å². The largest absolute Gasteiger partial charge is 0.397 e. The van der Waals surface area contributed by atoms with Gasteiger partial charge in [-0.15, -0.1) is 22.7 Å². The number of anilines is 1. The maximum atomic E-state index is 9.11. The van der Waals surface area contributed by atoms with E-state index in [2.05, 4.69) is 50.9 Å². The third-order valence-electron chi connectivity index (χ3n) is 2.55. The van der Waals surface area contributed by atoms with Crippen LogP contribution in [0.25, 0.3) is 10.4 Å². The highest BCUT2D eigenvalue weighted by Crippen LogP contribution is 2.45. The second kappa shape index (κ2) is 5.74. The Bertz CT molecular complexity index is 623. The van der Waals surface area contributed by atoms with Crippen molar-refractivity contribution in [3.8, 4) is 16.5 Å². The van der Waals surface area contributed by atoms with E-state index in [0.717, 1.165) is 36.4 Å². The fraction of sp³-hybridized carbons (Fsp3) is 0.250. The number of rotatable bonds is 3. The summed E-state index contributed by atoms with van der Waals surface area (Å²) >= 11 is 10.2. The number of nitrogens with two attached hydrogens (primary N) is 1. The topological polar surface area (TPSA) is 49.8 Å². The molecule has 0 aliphatic carbocycles. The van der Waals surface area contributed by atoms with E-state index in [4.69, 9.17) is 11.0 Å². The van der Waals surface area contributed by atoms with Crippen molar-refractivity contribution in [1.82, 2.24) is 0 Å². The lowest BCUT2D eigenvalue weighted by Gasteiger charge is -2.02. The van der Waals surface area contributed by atoms with Gasteiger partial charge in [0, 0.05) is 10.4 Å². The molecule has 0 amide bonds. The second-order valence-corrected chi connectivity index (χ2v) is 8.52. The zero-order valence-corrected chi connectivity index (χ0v) is 14.4. The Morgan fingerprint density at radius 2 is 2.11 bits per heavy atom. The van der Waals surface area contributed by atoms with Crippen molar-refractivity contribution in [2.24, 2.45) is 0 Å². The summed E-state index contributed by atoms with van der Waals surface area (Å²) in [6.07, 6.45) is 1.92. The molecule has 0 unspecified atom stereocenters. The molecule has 18 heavy (non-hydrogen) atoms. The molecule has 94 valence electrons. The molecule has 0 aliphatic rings. The van der Waals surface area contributed by atoms with E-state index in [0.29, 0.717) is 10.6 Å². The van der Waals surface area contributed by atoms with Gasteiger partial charge in [0.2, 0.25) is 0 Å². The van der Waals surface area contributed by atoms with Gasteiger partial charge in [0.25, 0.3) is 0 Å². The Labute approximate surface area is 131 Å². The Kier molecular flexibility index (Phi) is 4.49. The van der Waals surface area contributed by atoms with E-state index in [1.165, 1.54) is 11.3 Å². The highest BCUT2D eigenvalue weighted by molar-refractivity contribution is 9.12. The normalized spacial score (nSPS) is 10.6. The van der Waals surface area contributed by atoms with E-state index < -0.39 is 0 Å². The van der Waals surface area contributed by atoms with Crippen LogP contribution in [0.3, 0.4) is 0 Å². The van der Waals surface area contributed by atoms with Crippen molar-refractivity contribution in [2.45, 2.75) is 19.8 Å². The van der Waals surface area contributed by atoms with Crippen molar-refractivity contribution >= 4 is 60.2 Å². The molecule has 0 saturated carbocycles. The van der Waals surface area contributed by atoms with Crippen LogP contribution in [-0.2, 0) is 6.42 Å². The van der Waals surface area contributed by atoms with Gasteiger partial charge in [-0.2, -0.15) is 5.26 Å². The minimum atomic E-state index is 0.614. The lowest BCUT2D eigenvalue weighted by molar-refractivity contribution is 0.930. The van der Waals surface area contributed by atoms with Gasteiger partial charge in [-0.05, 0) is 49.9 Å². The first kappa shape index (κ1) is 14.1. The molecule has 0 fully saturated rings. The minimum absolute atomic E-state index is 0.614. The van der Waals surface area contributed by atoms with E-state index in [1.807, 2.05) is 0 Å². The molecule has 0 aliphatic heterocycles. The van der Waals surface area contributed by atoms with E-state index in [-0.39, 0.29) is 0 Å². The molecule has 2 rings (SSSR count). The molecule has 2 N–H and O–H groups in total. The molecular weight excluding hydrogens is 396 g/mol. The molecule has 0 atom stereocenters. The molecule has 0 saturated heterocycles. The fourth-order valence-corrected chi connectivity index (χ4v) is 5.88. The minimum Gasteiger partial charge on any atom is -0.397 e. The summed E-state index contributed by atoms with van der Waals surface area (Å²) in [6, 6.07) is 4.25. The second-order valence-electron chi connectivity index (χ2n) is 3.75. The van der Waals surface area contributed by atoms with Crippen molar-refractivity contribution in [3.63, 3.8) is 0 Å². The molecule has 0 bridgehead atoms. The maximum absolute atomic E-state index is 9.11. The van der Waals surface area contributed by atoms with Crippen LogP contribution in [0.2, 0.25) is 0 Å². The summed E-state index contributed by atoms with van der Waals surface area (Å²) in [7, 11) is 0. The molecule has 2 aromatic heterocycles. The van der Waals surface area contributed by atoms with Crippen molar-refractivity contribution in [3.05, 3.63) is 24.1 Å². The lowest BCUT2D eigenvalue weighted by Crippen LogP contribution is -1.92. The summed E-state index contributed by atoms with van der Waals surface area (Å²) in [5, 5.41) is 9.11. The smallest absolute Gasteiger partial charge is 0.128 e. The summed E-state index contributed by atoms with van der Waals surface area (Å²) in [5.74, 6) is 0. The Balaban J connectivity index is 2.63. The number of thiophene rings is 2. The molecule has 0 radical (unpaired) electrons. The number of nitrogens with zero attached hydrogens (tertiary/aromatic N) is 1.